The summed E-state index contributed by atoms with van der Waals surface area (Å²) in [4.78, 5) is 23.3. The SMILES string of the molecule is Cc1cnn(CC(NC(=O)c2cc(F)cc(Br)c2)C(=O)O)c1. The number of aromatic nitrogens is 2. The van der Waals surface area contributed by atoms with Gasteiger partial charge in [0.05, 0.1) is 12.7 Å². The van der Waals surface area contributed by atoms with Crippen molar-refractivity contribution in [2.24, 2.45) is 0 Å². The van der Waals surface area contributed by atoms with E-state index in [0.29, 0.717) is 4.47 Å². The summed E-state index contributed by atoms with van der Waals surface area (Å²) in [6.45, 7) is 1.80. The molecule has 2 aromatic rings. The van der Waals surface area contributed by atoms with E-state index in [1.165, 1.54) is 16.8 Å². The summed E-state index contributed by atoms with van der Waals surface area (Å²) in [7, 11) is 0. The Morgan fingerprint density at radius 2 is 2.18 bits per heavy atom. The number of amides is 1. The second kappa shape index (κ2) is 6.69. The van der Waals surface area contributed by atoms with Crippen LogP contribution >= 0.6 is 15.9 Å². The van der Waals surface area contributed by atoms with E-state index in [4.69, 9.17) is 0 Å². The van der Waals surface area contributed by atoms with Gasteiger partial charge in [-0.1, -0.05) is 15.9 Å². The first-order chi connectivity index (χ1) is 10.3. The fourth-order valence-electron chi connectivity index (χ4n) is 1.87. The lowest BCUT2D eigenvalue weighted by Gasteiger charge is -2.15. The number of carbonyl (C=O) groups is 2. The van der Waals surface area contributed by atoms with Crippen molar-refractivity contribution >= 4 is 27.8 Å². The quantitative estimate of drug-likeness (QED) is 0.843. The van der Waals surface area contributed by atoms with E-state index >= 15 is 0 Å². The minimum atomic E-state index is -1.20. The molecule has 8 heteroatoms. The third kappa shape index (κ3) is 4.14. The minimum Gasteiger partial charge on any atom is -0.480 e. The minimum absolute atomic E-state index is 0.0224. The highest BCUT2D eigenvalue weighted by Crippen LogP contribution is 2.15. The Morgan fingerprint density at radius 3 is 2.73 bits per heavy atom. The number of hydrogen-bond acceptors (Lipinski definition) is 3. The van der Waals surface area contributed by atoms with E-state index in [2.05, 4.69) is 26.3 Å². The van der Waals surface area contributed by atoms with E-state index in [0.717, 1.165) is 11.6 Å². The van der Waals surface area contributed by atoms with Gasteiger partial charge in [0, 0.05) is 16.2 Å². The highest BCUT2D eigenvalue weighted by Gasteiger charge is 2.22. The number of carboxylic acid groups (broad SMARTS) is 1. The second-order valence-corrected chi connectivity index (χ2v) is 5.68. The number of nitrogens with one attached hydrogen (secondary N) is 1. The van der Waals surface area contributed by atoms with Crippen LogP contribution in [0.4, 0.5) is 4.39 Å². The molecule has 0 aliphatic rings. The second-order valence-electron chi connectivity index (χ2n) is 4.76. The predicted octanol–water partition coefficient (Wildman–Crippen LogP) is 1.98. The molecule has 0 bridgehead atoms. The standard InChI is InChI=1S/C14H13BrFN3O3/c1-8-5-17-19(6-8)7-12(14(21)22)18-13(20)9-2-10(15)4-11(16)3-9/h2-6,12H,7H2,1H3,(H,18,20)(H,21,22). The molecule has 6 nitrogen and oxygen atoms in total. The lowest BCUT2D eigenvalue weighted by atomic mass is 10.2. The summed E-state index contributed by atoms with van der Waals surface area (Å²) in [6.07, 6.45) is 3.26. The van der Waals surface area contributed by atoms with Crippen LogP contribution in [0.1, 0.15) is 15.9 Å². The lowest BCUT2D eigenvalue weighted by molar-refractivity contribution is -0.139. The summed E-state index contributed by atoms with van der Waals surface area (Å²) >= 11 is 3.08. The average Bonchev–Trinajstić information content (AvgIpc) is 2.82. The summed E-state index contributed by atoms with van der Waals surface area (Å²) < 4.78 is 15.1. The number of aryl methyl sites for hydroxylation is 1. The van der Waals surface area contributed by atoms with Gasteiger partial charge in [0.15, 0.2) is 0 Å². The maximum absolute atomic E-state index is 13.3. The van der Waals surface area contributed by atoms with Crippen LogP contribution in [0.3, 0.4) is 0 Å². The van der Waals surface area contributed by atoms with Gasteiger partial charge in [-0.05, 0) is 30.7 Å². The zero-order valence-corrected chi connectivity index (χ0v) is 13.2. The molecule has 22 heavy (non-hydrogen) atoms. The molecule has 2 rings (SSSR count). The summed E-state index contributed by atoms with van der Waals surface area (Å²) in [6, 6.07) is 2.48. The van der Waals surface area contributed by atoms with Gasteiger partial charge in [0.2, 0.25) is 0 Å². The zero-order chi connectivity index (χ0) is 16.3. The molecule has 0 fully saturated rings. The first-order valence-corrected chi connectivity index (χ1v) is 7.13. The van der Waals surface area contributed by atoms with Gasteiger partial charge in [0.25, 0.3) is 5.91 Å². The summed E-state index contributed by atoms with van der Waals surface area (Å²) in [5.41, 5.74) is 0.916. The topological polar surface area (TPSA) is 84.2 Å². The molecule has 0 saturated carbocycles. The Labute approximate surface area is 134 Å². The molecule has 0 aliphatic carbocycles. The molecule has 116 valence electrons. The Bertz CT molecular complexity index is 697. The smallest absolute Gasteiger partial charge is 0.328 e. The van der Waals surface area contributed by atoms with Crippen LogP contribution in [0.15, 0.2) is 35.1 Å². The monoisotopic (exact) mass is 369 g/mol. The first kappa shape index (κ1) is 16.2. The van der Waals surface area contributed by atoms with Crippen LogP contribution < -0.4 is 5.32 Å². The highest BCUT2D eigenvalue weighted by atomic mass is 79.9. The molecule has 1 amide bonds. The molecule has 1 aromatic heterocycles. The fourth-order valence-corrected chi connectivity index (χ4v) is 2.33. The van der Waals surface area contributed by atoms with Gasteiger partial charge in [-0.2, -0.15) is 5.10 Å². The number of aliphatic carboxylic acids is 1. The number of halogens is 2. The Kier molecular flexibility index (Phi) is 4.92. The van der Waals surface area contributed by atoms with Crippen LogP contribution in [0, 0.1) is 12.7 Å². The van der Waals surface area contributed by atoms with Gasteiger partial charge < -0.3 is 10.4 Å². The number of benzene rings is 1. The van der Waals surface area contributed by atoms with Crippen molar-refractivity contribution in [1.29, 1.82) is 0 Å². The maximum Gasteiger partial charge on any atom is 0.328 e. The van der Waals surface area contributed by atoms with Crippen molar-refractivity contribution < 1.29 is 19.1 Å². The van der Waals surface area contributed by atoms with Gasteiger partial charge in [-0.3, -0.25) is 9.48 Å². The largest absolute Gasteiger partial charge is 0.480 e. The van der Waals surface area contributed by atoms with Crippen molar-refractivity contribution in [2.75, 3.05) is 0 Å². The molecule has 1 heterocycles. The number of carboxylic acids is 1. The Morgan fingerprint density at radius 1 is 1.45 bits per heavy atom. The van der Waals surface area contributed by atoms with Crippen molar-refractivity contribution in [2.45, 2.75) is 19.5 Å². The average molecular weight is 370 g/mol. The van der Waals surface area contributed by atoms with Crippen LogP contribution in [0.25, 0.3) is 0 Å². The lowest BCUT2D eigenvalue weighted by Crippen LogP contribution is -2.43. The molecule has 2 N–H and O–H groups in total. The first-order valence-electron chi connectivity index (χ1n) is 6.34. The van der Waals surface area contributed by atoms with E-state index in [1.54, 1.807) is 12.4 Å². The predicted molar refractivity (Wildman–Crippen MR) is 80.0 cm³/mol. The molecule has 1 atom stereocenters. The van der Waals surface area contributed by atoms with Crippen molar-refractivity contribution in [3.05, 3.63) is 52.0 Å². The highest BCUT2D eigenvalue weighted by molar-refractivity contribution is 9.10. The van der Waals surface area contributed by atoms with Crippen LogP contribution in [0.5, 0.6) is 0 Å². The van der Waals surface area contributed by atoms with Crippen molar-refractivity contribution in [3.63, 3.8) is 0 Å². The molecular formula is C14H13BrFN3O3. The molecule has 0 spiro atoms. The molecule has 1 unspecified atom stereocenters. The molecule has 0 saturated heterocycles. The molecule has 1 aromatic carbocycles. The van der Waals surface area contributed by atoms with E-state index in [1.807, 2.05) is 6.92 Å². The Balaban J connectivity index is 2.13. The Hall–Kier alpha value is -2.22. The van der Waals surface area contributed by atoms with E-state index in [9.17, 15) is 19.1 Å². The van der Waals surface area contributed by atoms with Gasteiger partial charge in [0.1, 0.15) is 11.9 Å². The third-order valence-electron chi connectivity index (χ3n) is 2.86. The maximum atomic E-state index is 13.3. The third-order valence-corrected chi connectivity index (χ3v) is 3.32. The molecule has 0 aliphatic heterocycles. The number of hydrogen-bond donors (Lipinski definition) is 2. The van der Waals surface area contributed by atoms with Crippen molar-refractivity contribution in [3.8, 4) is 0 Å². The normalized spacial score (nSPS) is 12.0. The van der Waals surface area contributed by atoms with E-state index < -0.39 is 23.7 Å². The number of carbonyl (C=O) groups excluding carboxylic acids is 1. The van der Waals surface area contributed by atoms with Crippen molar-refractivity contribution in [1.82, 2.24) is 15.1 Å². The van der Waals surface area contributed by atoms with Gasteiger partial charge in [-0.15, -0.1) is 0 Å². The number of rotatable bonds is 5. The van der Waals surface area contributed by atoms with Crippen LogP contribution in [-0.2, 0) is 11.3 Å². The summed E-state index contributed by atoms with van der Waals surface area (Å²) in [5.74, 6) is -2.46. The number of nitrogens with zero attached hydrogens (tertiary/aromatic N) is 2. The zero-order valence-electron chi connectivity index (χ0n) is 11.6. The van der Waals surface area contributed by atoms with Gasteiger partial charge >= 0.3 is 5.97 Å². The fraction of sp³-hybridized carbons (Fsp3) is 0.214. The van der Waals surface area contributed by atoms with Crippen LogP contribution in [-0.4, -0.2) is 32.8 Å². The van der Waals surface area contributed by atoms with Gasteiger partial charge in [-0.25, -0.2) is 9.18 Å². The van der Waals surface area contributed by atoms with Crippen LogP contribution in [0.2, 0.25) is 0 Å². The molecular weight excluding hydrogens is 357 g/mol. The summed E-state index contributed by atoms with van der Waals surface area (Å²) in [5, 5.41) is 15.5. The molecule has 0 radical (unpaired) electrons. The van der Waals surface area contributed by atoms with E-state index in [-0.39, 0.29) is 12.1 Å².